The molecule has 0 saturated carbocycles. The molecule has 2 aromatic carbocycles. The fourth-order valence-corrected chi connectivity index (χ4v) is 4.27. The first-order valence-electron chi connectivity index (χ1n) is 9.15. The van der Waals surface area contributed by atoms with Crippen molar-refractivity contribution in [3.63, 3.8) is 0 Å². The van der Waals surface area contributed by atoms with E-state index in [4.69, 9.17) is 9.47 Å². The molecule has 8 nitrogen and oxygen atoms in total. The van der Waals surface area contributed by atoms with Crippen molar-refractivity contribution >= 4 is 40.0 Å². The van der Waals surface area contributed by atoms with Crippen LogP contribution in [-0.2, 0) is 11.2 Å². The van der Waals surface area contributed by atoms with Crippen LogP contribution in [0, 0.1) is 0 Å². The van der Waals surface area contributed by atoms with Gasteiger partial charge in [-0.05, 0) is 30.2 Å². The van der Waals surface area contributed by atoms with E-state index in [1.54, 1.807) is 18.2 Å². The number of amides is 2. The molecule has 2 heterocycles. The lowest BCUT2D eigenvalue weighted by atomic mass is 10.1. The summed E-state index contributed by atoms with van der Waals surface area (Å²) in [6, 6.07) is 14.9. The van der Waals surface area contributed by atoms with Gasteiger partial charge in [-0.25, -0.2) is 0 Å². The zero-order valence-corrected chi connectivity index (χ0v) is 17.4. The number of hydrogen-bond acceptors (Lipinski definition) is 8. The minimum Gasteiger partial charge on any atom is -0.454 e. The van der Waals surface area contributed by atoms with Gasteiger partial charge in [0.2, 0.25) is 17.8 Å². The number of carbonyl (C=O) groups excluding carboxylic acids is 2. The van der Waals surface area contributed by atoms with Crippen molar-refractivity contribution in [3.05, 3.63) is 59.7 Å². The van der Waals surface area contributed by atoms with Crippen LogP contribution < -0.4 is 20.1 Å². The number of carbonyl (C=O) groups is 2. The van der Waals surface area contributed by atoms with Crippen LogP contribution in [-0.4, -0.2) is 41.1 Å². The quantitative estimate of drug-likeness (QED) is 0.408. The summed E-state index contributed by atoms with van der Waals surface area (Å²) in [5.41, 5.74) is 1.61. The lowest BCUT2D eigenvalue weighted by Gasteiger charge is -2.04. The molecule has 0 atom stereocenters. The molecule has 2 N–H and O–H groups in total. The summed E-state index contributed by atoms with van der Waals surface area (Å²) >= 11 is 2.50. The lowest BCUT2D eigenvalue weighted by Crippen LogP contribution is -2.27. The molecule has 0 spiro atoms. The number of nitrogens with one attached hydrogen (secondary N) is 2. The molecule has 154 valence electrons. The number of ether oxygens (including phenoxy) is 2. The van der Waals surface area contributed by atoms with E-state index < -0.39 is 0 Å². The standard InChI is InChI=1S/C20H18N4O4S2/c25-17(21-9-8-13-4-2-1-3-5-13)11-29-20-24-23-19(30-20)22-18(26)14-6-7-15-16(10-14)28-12-27-15/h1-7,10H,8-9,11-12H2,(H,21,25)(H,22,23,26). The van der Waals surface area contributed by atoms with Gasteiger partial charge in [-0.2, -0.15) is 0 Å². The van der Waals surface area contributed by atoms with Crippen molar-refractivity contribution in [3.8, 4) is 11.5 Å². The average molecular weight is 443 g/mol. The maximum Gasteiger partial charge on any atom is 0.257 e. The van der Waals surface area contributed by atoms with Gasteiger partial charge in [-0.15, -0.1) is 10.2 Å². The van der Waals surface area contributed by atoms with E-state index in [1.165, 1.54) is 28.7 Å². The van der Waals surface area contributed by atoms with E-state index in [1.807, 2.05) is 30.3 Å². The molecule has 1 aliphatic heterocycles. The minimum atomic E-state index is -0.320. The molecule has 0 saturated heterocycles. The first-order valence-corrected chi connectivity index (χ1v) is 11.0. The molecule has 10 heteroatoms. The topological polar surface area (TPSA) is 102 Å². The van der Waals surface area contributed by atoms with Crippen molar-refractivity contribution in [2.45, 2.75) is 10.8 Å². The normalized spacial score (nSPS) is 11.9. The lowest BCUT2D eigenvalue weighted by molar-refractivity contribution is -0.118. The van der Waals surface area contributed by atoms with E-state index >= 15 is 0 Å². The molecule has 1 aromatic heterocycles. The van der Waals surface area contributed by atoms with Gasteiger partial charge in [0.05, 0.1) is 5.75 Å². The van der Waals surface area contributed by atoms with E-state index in [2.05, 4.69) is 20.8 Å². The predicted molar refractivity (Wildman–Crippen MR) is 114 cm³/mol. The fourth-order valence-electron chi connectivity index (χ4n) is 2.69. The number of anilines is 1. The third-order valence-electron chi connectivity index (χ3n) is 4.17. The van der Waals surface area contributed by atoms with Crippen LogP contribution in [0.1, 0.15) is 15.9 Å². The number of thioether (sulfide) groups is 1. The highest BCUT2D eigenvalue weighted by molar-refractivity contribution is 8.01. The zero-order valence-electron chi connectivity index (χ0n) is 15.8. The molecular formula is C20H18N4O4S2. The molecule has 1 aliphatic rings. The molecule has 30 heavy (non-hydrogen) atoms. The van der Waals surface area contributed by atoms with Gasteiger partial charge in [0.1, 0.15) is 0 Å². The molecule has 0 bridgehead atoms. The average Bonchev–Trinajstić information content (AvgIpc) is 3.41. The summed E-state index contributed by atoms with van der Waals surface area (Å²) in [7, 11) is 0. The predicted octanol–water partition coefficient (Wildman–Crippen LogP) is 2.97. The fraction of sp³-hybridized carbons (Fsp3) is 0.200. The minimum absolute atomic E-state index is 0.0722. The highest BCUT2D eigenvalue weighted by Gasteiger charge is 2.17. The van der Waals surface area contributed by atoms with E-state index in [0.717, 1.165) is 6.42 Å². The number of hydrogen-bond donors (Lipinski definition) is 2. The van der Waals surface area contributed by atoms with Crippen LogP contribution in [0.15, 0.2) is 52.9 Å². The molecule has 2 amide bonds. The third kappa shape index (κ3) is 5.28. The number of benzene rings is 2. The van der Waals surface area contributed by atoms with Crippen molar-refractivity contribution in [1.82, 2.24) is 15.5 Å². The van der Waals surface area contributed by atoms with Crippen LogP contribution in [0.5, 0.6) is 11.5 Å². The van der Waals surface area contributed by atoms with Gasteiger partial charge >= 0.3 is 0 Å². The number of aromatic nitrogens is 2. The monoisotopic (exact) mass is 442 g/mol. The SMILES string of the molecule is O=C(CSc1nnc(NC(=O)c2ccc3c(c2)OCO3)s1)NCCc1ccccc1. The van der Waals surface area contributed by atoms with Crippen molar-refractivity contribution < 1.29 is 19.1 Å². The summed E-state index contributed by atoms with van der Waals surface area (Å²) in [6.07, 6.45) is 0.784. The first kappa shape index (κ1) is 20.2. The summed E-state index contributed by atoms with van der Waals surface area (Å²) in [6.45, 7) is 0.730. The summed E-state index contributed by atoms with van der Waals surface area (Å²) in [5.74, 6) is 0.994. The zero-order chi connectivity index (χ0) is 20.8. The Balaban J connectivity index is 1.22. The van der Waals surface area contributed by atoms with Gasteiger partial charge < -0.3 is 14.8 Å². The van der Waals surface area contributed by atoms with Gasteiger partial charge in [-0.1, -0.05) is 53.4 Å². The maximum atomic E-state index is 12.4. The Morgan fingerprint density at radius 3 is 2.77 bits per heavy atom. The molecule has 3 aromatic rings. The second-order valence-electron chi connectivity index (χ2n) is 6.27. The molecule has 0 unspecified atom stereocenters. The second-order valence-corrected chi connectivity index (χ2v) is 8.47. The Bertz CT molecular complexity index is 1040. The third-order valence-corrected chi connectivity index (χ3v) is 6.14. The van der Waals surface area contributed by atoms with Gasteiger partial charge in [0, 0.05) is 12.1 Å². The summed E-state index contributed by atoms with van der Waals surface area (Å²) < 4.78 is 11.1. The van der Waals surface area contributed by atoms with E-state index in [0.29, 0.717) is 33.1 Å². The largest absolute Gasteiger partial charge is 0.454 e. The summed E-state index contributed by atoms with van der Waals surface area (Å²) in [4.78, 5) is 24.4. The Kier molecular flexibility index (Phi) is 6.45. The van der Waals surface area contributed by atoms with Crippen LogP contribution >= 0.6 is 23.1 Å². The molecule has 0 aliphatic carbocycles. The van der Waals surface area contributed by atoms with Gasteiger partial charge in [-0.3, -0.25) is 14.9 Å². The summed E-state index contributed by atoms with van der Waals surface area (Å²) in [5, 5.41) is 13.9. The van der Waals surface area contributed by atoms with Crippen molar-refractivity contribution in [2.75, 3.05) is 24.4 Å². The Morgan fingerprint density at radius 2 is 1.90 bits per heavy atom. The Hall–Kier alpha value is -3.11. The maximum absolute atomic E-state index is 12.4. The number of nitrogens with zero attached hydrogens (tertiary/aromatic N) is 2. The number of fused-ring (bicyclic) bond motifs is 1. The van der Waals surface area contributed by atoms with E-state index in [9.17, 15) is 9.59 Å². The Morgan fingerprint density at radius 1 is 1.07 bits per heavy atom. The second kappa shape index (κ2) is 9.59. The highest BCUT2D eigenvalue weighted by atomic mass is 32.2. The highest BCUT2D eigenvalue weighted by Crippen LogP contribution is 2.33. The molecular weight excluding hydrogens is 424 g/mol. The molecule has 0 fully saturated rings. The first-order chi connectivity index (χ1) is 14.7. The van der Waals surface area contributed by atoms with Gasteiger partial charge in [0.25, 0.3) is 5.91 Å². The van der Waals surface area contributed by atoms with Crippen molar-refractivity contribution in [2.24, 2.45) is 0 Å². The smallest absolute Gasteiger partial charge is 0.257 e. The molecule has 0 radical (unpaired) electrons. The van der Waals surface area contributed by atoms with Gasteiger partial charge in [0.15, 0.2) is 15.8 Å². The Labute approximate surface area is 181 Å². The van der Waals surface area contributed by atoms with Crippen LogP contribution in [0.25, 0.3) is 0 Å². The van der Waals surface area contributed by atoms with Crippen molar-refractivity contribution in [1.29, 1.82) is 0 Å². The van der Waals surface area contributed by atoms with Crippen LogP contribution in [0.3, 0.4) is 0 Å². The van der Waals surface area contributed by atoms with E-state index in [-0.39, 0.29) is 24.4 Å². The molecule has 4 rings (SSSR count). The van der Waals surface area contributed by atoms with Crippen LogP contribution in [0.4, 0.5) is 5.13 Å². The number of rotatable bonds is 8. The van der Waals surface area contributed by atoms with Crippen LogP contribution in [0.2, 0.25) is 0 Å².